The summed E-state index contributed by atoms with van der Waals surface area (Å²) in [6.45, 7) is 6.25. The third-order valence-corrected chi connectivity index (χ3v) is 3.72. The molecule has 22 heavy (non-hydrogen) atoms. The molecular weight excluding hydrogens is 276 g/mol. The fraction of sp³-hybridized carbons (Fsp3) is 0.500. The van der Waals surface area contributed by atoms with Gasteiger partial charge in [0.2, 0.25) is 5.91 Å². The SMILES string of the molecule is CCCCCOc1cccc(/C=C/C(=O)N2CCNCC2)c1. The zero-order chi connectivity index (χ0) is 15.6. The minimum atomic E-state index is 0.0794. The van der Waals surface area contributed by atoms with Crippen LogP contribution in [0.25, 0.3) is 6.08 Å². The van der Waals surface area contributed by atoms with Crippen LogP contribution in [0, 0.1) is 0 Å². The molecule has 1 aromatic carbocycles. The number of hydrogen-bond acceptors (Lipinski definition) is 3. The number of ether oxygens (including phenoxy) is 1. The lowest BCUT2D eigenvalue weighted by molar-refractivity contribution is -0.126. The minimum absolute atomic E-state index is 0.0794. The second kappa shape index (κ2) is 9.26. The smallest absolute Gasteiger partial charge is 0.246 e. The molecule has 1 aliphatic heterocycles. The quantitative estimate of drug-likeness (QED) is 0.622. The molecule has 0 radical (unpaired) electrons. The van der Waals surface area contributed by atoms with Crippen molar-refractivity contribution in [2.45, 2.75) is 26.2 Å². The summed E-state index contributed by atoms with van der Waals surface area (Å²) in [5.74, 6) is 0.948. The van der Waals surface area contributed by atoms with Crippen LogP contribution in [-0.2, 0) is 4.79 Å². The highest BCUT2D eigenvalue weighted by Crippen LogP contribution is 2.15. The number of amides is 1. The fourth-order valence-corrected chi connectivity index (χ4v) is 2.41. The van der Waals surface area contributed by atoms with Crippen LogP contribution in [0.3, 0.4) is 0 Å². The lowest BCUT2D eigenvalue weighted by Crippen LogP contribution is -2.45. The van der Waals surface area contributed by atoms with Crippen LogP contribution < -0.4 is 10.1 Å². The molecule has 120 valence electrons. The Balaban J connectivity index is 1.86. The Morgan fingerprint density at radius 1 is 1.32 bits per heavy atom. The number of hydrogen-bond donors (Lipinski definition) is 1. The summed E-state index contributed by atoms with van der Waals surface area (Å²) < 4.78 is 5.73. The van der Waals surface area contributed by atoms with Gasteiger partial charge >= 0.3 is 0 Å². The molecule has 0 aromatic heterocycles. The monoisotopic (exact) mass is 302 g/mol. The van der Waals surface area contributed by atoms with Gasteiger partial charge < -0.3 is 15.0 Å². The Labute approximate surface area is 133 Å². The predicted molar refractivity (Wildman–Crippen MR) is 89.9 cm³/mol. The molecule has 1 amide bonds. The molecule has 0 bridgehead atoms. The fourth-order valence-electron chi connectivity index (χ4n) is 2.41. The molecular formula is C18H26N2O2. The molecule has 0 unspecified atom stereocenters. The predicted octanol–water partition coefficient (Wildman–Crippen LogP) is 2.70. The van der Waals surface area contributed by atoms with Gasteiger partial charge in [-0.2, -0.15) is 0 Å². The first-order valence-corrected chi connectivity index (χ1v) is 8.20. The first kappa shape index (κ1) is 16.6. The van der Waals surface area contributed by atoms with Crippen LogP contribution in [0.1, 0.15) is 31.7 Å². The highest BCUT2D eigenvalue weighted by atomic mass is 16.5. The van der Waals surface area contributed by atoms with Gasteiger partial charge in [0, 0.05) is 32.3 Å². The Kier molecular flexibility index (Phi) is 6.97. The third kappa shape index (κ3) is 5.53. The summed E-state index contributed by atoms with van der Waals surface area (Å²) in [7, 11) is 0. The van der Waals surface area contributed by atoms with E-state index in [9.17, 15) is 4.79 Å². The number of unbranched alkanes of at least 4 members (excludes halogenated alkanes) is 2. The van der Waals surface area contributed by atoms with Crippen LogP contribution in [0.15, 0.2) is 30.3 Å². The van der Waals surface area contributed by atoms with Gasteiger partial charge in [-0.05, 0) is 30.2 Å². The van der Waals surface area contributed by atoms with Crippen molar-refractivity contribution in [1.29, 1.82) is 0 Å². The van der Waals surface area contributed by atoms with Crippen LogP contribution in [0.5, 0.6) is 5.75 Å². The maximum atomic E-state index is 12.1. The van der Waals surface area contributed by atoms with Crippen LogP contribution in [0.2, 0.25) is 0 Å². The zero-order valence-electron chi connectivity index (χ0n) is 13.4. The number of rotatable bonds is 7. The molecule has 1 saturated heterocycles. The molecule has 0 aliphatic carbocycles. The summed E-state index contributed by atoms with van der Waals surface area (Å²) >= 11 is 0. The molecule has 1 fully saturated rings. The van der Waals surface area contributed by atoms with Crippen molar-refractivity contribution >= 4 is 12.0 Å². The molecule has 4 heteroatoms. The van der Waals surface area contributed by atoms with Crippen molar-refractivity contribution in [2.24, 2.45) is 0 Å². The van der Waals surface area contributed by atoms with E-state index in [0.29, 0.717) is 0 Å². The van der Waals surface area contributed by atoms with Crippen molar-refractivity contribution in [1.82, 2.24) is 10.2 Å². The first-order valence-electron chi connectivity index (χ1n) is 8.20. The second-order valence-electron chi connectivity index (χ2n) is 5.54. The Bertz CT molecular complexity index is 494. The number of carbonyl (C=O) groups excluding carboxylic acids is 1. The van der Waals surface area contributed by atoms with Crippen LogP contribution in [-0.4, -0.2) is 43.6 Å². The van der Waals surface area contributed by atoms with Gasteiger partial charge in [0.05, 0.1) is 6.61 Å². The Morgan fingerprint density at radius 2 is 2.14 bits per heavy atom. The zero-order valence-corrected chi connectivity index (χ0v) is 13.4. The number of benzene rings is 1. The Hall–Kier alpha value is -1.81. The van der Waals surface area contributed by atoms with E-state index in [4.69, 9.17) is 4.74 Å². The molecule has 0 saturated carbocycles. The topological polar surface area (TPSA) is 41.6 Å². The molecule has 1 aliphatic rings. The number of nitrogens with zero attached hydrogens (tertiary/aromatic N) is 1. The largest absolute Gasteiger partial charge is 0.494 e. The molecule has 1 N–H and O–H groups in total. The highest BCUT2D eigenvalue weighted by molar-refractivity contribution is 5.91. The average Bonchev–Trinajstić information content (AvgIpc) is 2.58. The van der Waals surface area contributed by atoms with Gasteiger partial charge in [0.15, 0.2) is 0 Å². The molecule has 0 spiro atoms. The number of piperazine rings is 1. The average molecular weight is 302 g/mol. The summed E-state index contributed by atoms with van der Waals surface area (Å²) in [5.41, 5.74) is 0.997. The van der Waals surface area contributed by atoms with Crippen molar-refractivity contribution in [3.8, 4) is 5.75 Å². The third-order valence-electron chi connectivity index (χ3n) is 3.72. The van der Waals surface area contributed by atoms with E-state index in [0.717, 1.165) is 50.5 Å². The maximum absolute atomic E-state index is 12.1. The van der Waals surface area contributed by atoms with E-state index in [-0.39, 0.29) is 5.91 Å². The maximum Gasteiger partial charge on any atom is 0.246 e. The lowest BCUT2D eigenvalue weighted by Gasteiger charge is -2.26. The van der Waals surface area contributed by atoms with E-state index < -0.39 is 0 Å². The number of nitrogens with one attached hydrogen (secondary N) is 1. The highest BCUT2D eigenvalue weighted by Gasteiger charge is 2.12. The van der Waals surface area contributed by atoms with E-state index in [1.54, 1.807) is 6.08 Å². The number of carbonyl (C=O) groups is 1. The first-order chi connectivity index (χ1) is 10.8. The van der Waals surface area contributed by atoms with Crippen LogP contribution in [0.4, 0.5) is 0 Å². The summed E-state index contributed by atoms with van der Waals surface area (Å²) in [6, 6.07) is 7.89. The van der Waals surface area contributed by atoms with E-state index in [1.165, 1.54) is 12.8 Å². The minimum Gasteiger partial charge on any atom is -0.494 e. The van der Waals surface area contributed by atoms with E-state index >= 15 is 0 Å². The summed E-state index contributed by atoms with van der Waals surface area (Å²) in [5, 5.41) is 3.24. The molecule has 1 heterocycles. The lowest BCUT2D eigenvalue weighted by atomic mass is 10.2. The van der Waals surface area contributed by atoms with Gasteiger partial charge in [0.1, 0.15) is 5.75 Å². The standard InChI is InChI=1S/C18H26N2O2/c1-2-3-4-14-22-17-7-5-6-16(15-17)8-9-18(21)20-12-10-19-11-13-20/h5-9,15,19H,2-4,10-14H2,1H3/b9-8+. The summed E-state index contributed by atoms with van der Waals surface area (Å²) in [6.07, 6.45) is 6.99. The van der Waals surface area contributed by atoms with Crippen molar-refractivity contribution in [3.63, 3.8) is 0 Å². The van der Waals surface area contributed by atoms with Gasteiger partial charge in [-0.1, -0.05) is 31.9 Å². The molecule has 1 aromatic rings. The summed E-state index contributed by atoms with van der Waals surface area (Å²) in [4.78, 5) is 14.0. The Morgan fingerprint density at radius 3 is 2.91 bits per heavy atom. The van der Waals surface area contributed by atoms with Crippen molar-refractivity contribution in [3.05, 3.63) is 35.9 Å². The second-order valence-corrected chi connectivity index (χ2v) is 5.54. The normalized spacial score (nSPS) is 15.2. The molecule has 2 rings (SSSR count). The van der Waals surface area contributed by atoms with Gasteiger partial charge in [-0.3, -0.25) is 4.79 Å². The van der Waals surface area contributed by atoms with Crippen molar-refractivity contribution < 1.29 is 9.53 Å². The van der Waals surface area contributed by atoms with Gasteiger partial charge in [-0.25, -0.2) is 0 Å². The van der Waals surface area contributed by atoms with E-state index in [1.807, 2.05) is 35.2 Å². The van der Waals surface area contributed by atoms with E-state index in [2.05, 4.69) is 12.2 Å². The molecule has 4 nitrogen and oxygen atoms in total. The van der Waals surface area contributed by atoms with Gasteiger partial charge in [0.25, 0.3) is 0 Å². The van der Waals surface area contributed by atoms with Crippen LogP contribution >= 0.6 is 0 Å². The van der Waals surface area contributed by atoms with Crippen molar-refractivity contribution in [2.75, 3.05) is 32.8 Å². The molecule has 0 atom stereocenters. The van der Waals surface area contributed by atoms with Gasteiger partial charge in [-0.15, -0.1) is 0 Å².